The van der Waals surface area contributed by atoms with Gasteiger partial charge in [0.05, 0.1) is 16.8 Å². The molecule has 1 atom stereocenters. The first-order chi connectivity index (χ1) is 9.67. The van der Waals surface area contributed by atoms with E-state index in [4.69, 9.17) is 5.73 Å². The molecule has 0 spiro atoms. The van der Waals surface area contributed by atoms with Crippen LogP contribution in [0.5, 0.6) is 0 Å². The molecule has 4 nitrogen and oxygen atoms in total. The van der Waals surface area contributed by atoms with Crippen LogP contribution in [0, 0.1) is 12.8 Å². The predicted octanol–water partition coefficient (Wildman–Crippen LogP) is 2.27. The van der Waals surface area contributed by atoms with Gasteiger partial charge in [-0.05, 0) is 44.7 Å². The van der Waals surface area contributed by atoms with Gasteiger partial charge in [-0.25, -0.2) is 4.98 Å². The number of pyridine rings is 1. The van der Waals surface area contributed by atoms with E-state index in [0.29, 0.717) is 5.92 Å². The van der Waals surface area contributed by atoms with Gasteiger partial charge in [-0.3, -0.25) is 4.79 Å². The minimum Gasteiger partial charge on any atom is -0.345 e. The van der Waals surface area contributed by atoms with Crippen molar-refractivity contribution in [3.05, 3.63) is 29.1 Å². The summed E-state index contributed by atoms with van der Waals surface area (Å²) in [4.78, 5) is 15.7. The number of carbonyl (C=O) groups excluding carboxylic acids is 1. The van der Waals surface area contributed by atoms with E-state index in [1.165, 1.54) is 6.92 Å². The number of hydrogen-bond donors (Lipinski definition) is 2. The van der Waals surface area contributed by atoms with Crippen LogP contribution in [0.25, 0.3) is 0 Å². The van der Waals surface area contributed by atoms with Gasteiger partial charge in [0.2, 0.25) is 0 Å². The molecule has 1 aromatic heterocycles. The quantitative estimate of drug-likeness (QED) is 0.896. The van der Waals surface area contributed by atoms with E-state index in [0.717, 1.165) is 25.0 Å². The zero-order valence-corrected chi connectivity index (χ0v) is 11.9. The average Bonchev–Trinajstić information content (AvgIpc) is 3.21. The number of nitrogens with zero attached hydrogens (tertiary/aromatic N) is 1. The minimum absolute atomic E-state index is 0.0532. The highest BCUT2D eigenvalue weighted by Gasteiger charge is 2.42. The van der Waals surface area contributed by atoms with Crippen LogP contribution < -0.4 is 11.1 Å². The number of amides is 1. The first-order valence-corrected chi connectivity index (χ1v) is 6.75. The minimum atomic E-state index is -4.51. The number of aromatic nitrogens is 1. The molecule has 0 bridgehead atoms. The van der Waals surface area contributed by atoms with Crippen LogP contribution in [0.1, 0.15) is 41.5 Å². The smallest absolute Gasteiger partial charge is 0.345 e. The highest BCUT2D eigenvalue weighted by Crippen LogP contribution is 2.39. The van der Waals surface area contributed by atoms with Gasteiger partial charge in [0.15, 0.2) is 0 Å². The molecule has 0 radical (unpaired) electrons. The largest absolute Gasteiger partial charge is 0.433 e. The molecule has 0 aliphatic heterocycles. The van der Waals surface area contributed by atoms with Crippen molar-refractivity contribution in [3.63, 3.8) is 0 Å². The van der Waals surface area contributed by atoms with Gasteiger partial charge >= 0.3 is 6.18 Å². The number of carbonyl (C=O) groups is 1. The second kappa shape index (κ2) is 5.29. The van der Waals surface area contributed by atoms with Gasteiger partial charge in [0.25, 0.3) is 5.91 Å². The molecule has 116 valence electrons. The SMILES string of the molecule is Cc1nc(C(F)(F)F)ccc1C(=O)NC(C)(CN)C1CC1. The first-order valence-electron chi connectivity index (χ1n) is 6.75. The molecule has 1 aliphatic carbocycles. The summed E-state index contributed by atoms with van der Waals surface area (Å²) in [6.45, 7) is 3.53. The summed E-state index contributed by atoms with van der Waals surface area (Å²) in [5.74, 6) is -0.109. The summed E-state index contributed by atoms with van der Waals surface area (Å²) < 4.78 is 37.7. The fourth-order valence-corrected chi connectivity index (χ4v) is 2.33. The van der Waals surface area contributed by atoms with E-state index in [2.05, 4.69) is 10.3 Å². The summed E-state index contributed by atoms with van der Waals surface area (Å²) in [7, 11) is 0. The normalized spacial score (nSPS) is 18.2. The third-order valence-corrected chi connectivity index (χ3v) is 3.92. The Bertz CT molecular complexity index is 555. The maximum absolute atomic E-state index is 12.6. The van der Waals surface area contributed by atoms with Gasteiger partial charge in [-0.1, -0.05) is 0 Å². The Morgan fingerprint density at radius 1 is 1.43 bits per heavy atom. The lowest BCUT2D eigenvalue weighted by Crippen LogP contribution is -2.53. The van der Waals surface area contributed by atoms with E-state index in [-0.39, 0.29) is 17.8 Å². The van der Waals surface area contributed by atoms with Gasteiger partial charge in [-0.2, -0.15) is 13.2 Å². The molecule has 21 heavy (non-hydrogen) atoms. The Hall–Kier alpha value is -1.63. The van der Waals surface area contributed by atoms with Gasteiger partial charge < -0.3 is 11.1 Å². The predicted molar refractivity (Wildman–Crippen MR) is 71.6 cm³/mol. The molecule has 7 heteroatoms. The highest BCUT2D eigenvalue weighted by atomic mass is 19.4. The highest BCUT2D eigenvalue weighted by molar-refractivity contribution is 5.95. The van der Waals surface area contributed by atoms with Crippen LogP contribution >= 0.6 is 0 Å². The lowest BCUT2D eigenvalue weighted by molar-refractivity contribution is -0.141. The summed E-state index contributed by atoms with van der Waals surface area (Å²) >= 11 is 0. The maximum Gasteiger partial charge on any atom is 0.433 e. The summed E-state index contributed by atoms with van der Waals surface area (Å²) in [6.07, 6.45) is -2.52. The van der Waals surface area contributed by atoms with Crippen LogP contribution in [0.15, 0.2) is 12.1 Å². The molecule has 1 fully saturated rings. The molecule has 2 rings (SSSR count). The van der Waals surface area contributed by atoms with E-state index in [9.17, 15) is 18.0 Å². The van der Waals surface area contributed by atoms with E-state index < -0.39 is 23.3 Å². The van der Waals surface area contributed by atoms with Crippen molar-refractivity contribution in [2.75, 3.05) is 6.54 Å². The van der Waals surface area contributed by atoms with Crippen LogP contribution in [0.4, 0.5) is 13.2 Å². The molecule has 0 aromatic carbocycles. The molecular weight excluding hydrogens is 283 g/mol. The number of aryl methyl sites for hydroxylation is 1. The van der Waals surface area contributed by atoms with Gasteiger partial charge in [-0.15, -0.1) is 0 Å². The van der Waals surface area contributed by atoms with Crippen LogP contribution in [0.3, 0.4) is 0 Å². The second-order valence-corrected chi connectivity index (χ2v) is 5.68. The first kappa shape index (κ1) is 15.8. The van der Waals surface area contributed by atoms with Gasteiger partial charge in [0, 0.05) is 6.54 Å². The molecule has 1 aromatic rings. The Balaban J connectivity index is 2.20. The van der Waals surface area contributed by atoms with Crippen LogP contribution in [-0.2, 0) is 6.18 Å². The topological polar surface area (TPSA) is 68.0 Å². The Kier molecular flexibility index (Phi) is 3.97. The third-order valence-electron chi connectivity index (χ3n) is 3.92. The monoisotopic (exact) mass is 301 g/mol. The third kappa shape index (κ3) is 3.34. The van der Waals surface area contributed by atoms with Crippen molar-refractivity contribution in [3.8, 4) is 0 Å². The van der Waals surface area contributed by atoms with Gasteiger partial charge in [0.1, 0.15) is 5.69 Å². The van der Waals surface area contributed by atoms with Crippen LogP contribution in [0.2, 0.25) is 0 Å². The molecule has 1 heterocycles. The second-order valence-electron chi connectivity index (χ2n) is 5.68. The molecule has 1 aliphatic rings. The number of alkyl halides is 3. The number of nitrogens with one attached hydrogen (secondary N) is 1. The van der Waals surface area contributed by atoms with Crippen molar-refractivity contribution in [2.24, 2.45) is 11.7 Å². The average molecular weight is 301 g/mol. The fraction of sp³-hybridized carbons (Fsp3) is 0.571. The van der Waals surface area contributed by atoms with E-state index in [1.54, 1.807) is 0 Å². The lowest BCUT2D eigenvalue weighted by atomic mass is 9.95. The summed E-state index contributed by atoms with van der Waals surface area (Å²) in [5.41, 5.74) is 4.39. The molecule has 1 amide bonds. The maximum atomic E-state index is 12.6. The van der Waals surface area contributed by atoms with E-state index in [1.807, 2.05) is 6.92 Å². The number of rotatable bonds is 4. The van der Waals surface area contributed by atoms with Crippen molar-refractivity contribution in [2.45, 2.75) is 38.4 Å². The van der Waals surface area contributed by atoms with Crippen LogP contribution in [-0.4, -0.2) is 23.0 Å². The molecule has 1 saturated carbocycles. The summed E-state index contributed by atoms with van der Waals surface area (Å²) in [6, 6.07) is 1.98. The molecule has 0 saturated heterocycles. The summed E-state index contributed by atoms with van der Waals surface area (Å²) in [5, 5.41) is 2.84. The van der Waals surface area contributed by atoms with Crippen molar-refractivity contribution < 1.29 is 18.0 Å². The lowest BCUT2D eigenvalue weighted by Gasteiger charge is -2.29. The molecule has 3 N–H and O–H groups in total. The fourth-order valence-electron chi connectivity index (χ4n) is 2.33. The van der Waals surface area contributed by atoms with Crippen molar-refractivity contribution in [1.29, 1.82) is 0 Å². The Morgan fingerprint density at radius 2 is 2.05 bits per heavy atom. The Labute approximate surface area is 120 Å². The molecular formula is C14H18F3N3O. The van der Waals surface area contributed by atoms with Crippen molar-refractivity contribution >= 4 is 5.91 Å². The van der Waals surface area contributed by atoms with E-state index >= 15 is 0 Å². The standard InChI is InChI=1S/C14H18F3N3O/c1-8-10(5-6-11(19-8)14(15,16)17)12(21)20-13(2,7-18)9-3-4-9/h5-6,9H,3-4,7,18H2,1-2H3,(H,20,21). The molecule has 1 unspecified atom stereocenters. The van der Waals surface area contributed by atoms with Crippen molar-refractivity contribution in [1.82, 2.24) is 10.3 Å². The zero-order chi connectivity index (χ0) is 15.8. The number of nitrogens with two attached hydrogens (primary N) is 1. The number of halogens is 3. The number of hydrogen-bond acceptors (Lipinski definition) is 3. The zero-order valence-electron chi connectivity index (χ0n) is 11.9. The Morgan fingerprint density at radius 3 is 2.48 bits per heavy atom.